The van der Waals surface area contributed by atoms with Crippen LogP contribution in [0.3, 0.4) is 0 Å². The number of rotatable bonds is 8. The molecule has 0 atom stereocenters. The Morgan fingerprint density at radius 2 is 1.73 bits per heavy atom. The molecule has 7 nitrogen and oxygen atoms in total. The van der Waals surface area contributed by atoms with E-state index in [4.69, 9.17) is 9.47 Å². The maximum Gasteiger partial charge on any atom is 1.00 e. The number of carbonyl (C=O) groups excluding carboxylic acids is 1. The zero-order chi connectivity index (χ0) is 18.3. The van der Waals surface area contributed by atoms with E-state index in [1.54, 1.807) is 6.07 Å². The standard InChI is InChI=1S/C17H18O7S.Na/c1-13(18)22-10-9-14-7-8-16(17(11-14)24-25(19,20)21)23-12-15-5-3-2-4-6-15;/h2-8,11H,9-10,12H2,1H3,(H,19,20,21);/q;+1/p-1. The Labute approximate surface area is 174 Å². The number of esters is 1. The van der Waals surface area contributed by atoms with Gasteiger partial charge in [-0.1, -0.05) is 36.4 Å². The Balaban J connectivity index is 0.00000338. The summed E-state index contributed by atoms with van der Waals surface area (Å²) < 4.78 is 47.7. The van der Waals surface area contributed by atoms with Crippen molar-refractivity contribution in [2.75, 3.05) is 6.61 Å². The van der Waals surface area contributed by atoms with Crippen LogP contribution in [0.4, 0.5) is 0 Å². The minimum absolute atomic E-state index is 0. The van der Waals surface area contributed by atoms with Crippen molar-refractivity contribution in [3.8, 4) is 11.5 Å². The molecule has 0 bridgehead atoms. The molecule has 0 aliphatic rings. The molecule has 0 unspecified atom stereocenters. The van der Waals surface area contributed by atoms with Gasteiger partial charge >= 0.3 is 35.5 Å². The largest absolute Gasteiger partial charge is 1.00 e. The molecule has 0 N–H and O–H groups in total. The summed E-state index contributed by atoms with van der Waals surface area (Å²) in [5.74, 6) is -0.493. The van der Waals surface area contributed by atoms with Gasteiger partial charge in [0.1, 0.15) is 6.61 Å². The van der Waals surface area contributed by atoms with Crippen molar-refractivity contribution in [1.82, 2.24) is 0 Å². The molecular weight excluding hydrogens is 371 g/mol. The second-order valence-electron chi connectivity index (χ2n) is 5.14. The van der Waals surface area contributed by atoms with Crippen LogP contribution < -0.4 is 38.5 Å². The normalized spacial score (nSPS) is 10.5. The molecule has 0 fully saturated rings. The smallest absolute Gasteiger partial charge is 0.716 e. The van der Waals surface area contributed by atoms with Crippen molar-refractivity contribution >= 4 is 16.4 Å². The Morgan fingerprint density at radius 1 is 1.04 bits per heavy atom. The minimum Gasteiger partial charge on any atom is -0.716 e. The molecule has 0 heterocycles. The van der Waals surface area contributed by atoms with Crippen molar-refractivity contribution in [1.29, 1.82) is 0 Å². The molecule has 0 amide bonds. The summed E-state index contributed by atoms with van der Waals surface area (Å²) in [6.45, 7) is 1.60. The summed E-state index contributed by atoms with van der Waals surface area (Å²) in [7, 11) is -4.95. The molecule has 0 radical (unpaired) electrons. The van der Waals surface area contributed by atoms with Crippen molar-refractivity contribution in [3.63, 3.8) is 0 Å². The van der Waals surface area contributed by atoms with E-state index >= 15 is 0 Å². The molecule has 0 saturated heterocycles. The van der Waals surface area contributed by atoms with Crippen LogP contribution in [0.2, 0.25) is 0 Å². The fraction of sp³-hybridized carbons (Fsp3) is 0.235. The van der Waals surface area contributed by atoms with Gasteiger partial charge in [-0.3, -0.25) is 4.79 Å². The van der Waals surface area contributed by atoms with Gasteiger partial charge in [0.25, 0.3) is 10.4 Å². The monoisotopic (exact) mass is 388 g/mol. The van der Waals surface area contributed by atoms with Crippen LogP contribution in [-0.4, -0.2) is 25.5 Å². The van der Waals surface area contributed by atoms with E-state index in [9.17, 15) is 17.8 Å². The Kier molecular flexibility index (Phi) is 9.11. The van der Waals surface area contributed by atoms with E-state index in [1.807, 2.05) is 30.3 Å². The SMILES string of the molecule is CC(=O)OCCc1ccc(OCc2ccccc2)c(OS(=O)(=O)[O-])c1.[Na+]. The number of ether oxygens (including phenoxy) is 2. The van der Waals surface area contributed by atoms with E-state index < -0.39 is 16.4 Å². The van der Waals surface area contributed by atoms with Crippen LogP contribution >= 0.6 is 0 Å². The first-order valence-corrected chi connectivity index (χ1v) is 8.75. The second kappa shape index (κ2) is 10.5. The van der Waals surface area contributed by atoms with Crippen molar-refractivity contribution in [2.24, 2.45) is 0 Å². The topological polar surface area (TPSA) is 102 Å². The zero-order valence-electron chi connectivity index (χ0n) is 14.5. The molecule has 2 aromatic carbocycles. The average Bonchev–Trinajstić information content (AvgIpc) is 2.53. The molecule has 0 spiro atoms. The van der Waals surface area contributed by atoms with E-state index in [2.05, 4.69) is 4.18 Å². The zero-order valence-corrected chi connectivity index (χ0v) is 17.3. The Bertz CT molecular complexity index is 822. The molecule has 134 valence electrons. The van der Waals surface area contributed by atoms with Gasteiger partial charge in [0, 0.05) is 13.3 Å². The number of hydrogen-bond acceptors (Lipinski definition) is 7. The summed E-state index contributed by atoms with van der Waals surface area (Å²) in [6, 6.07) is 13.8. The fourth-order valence-electron chi connectivity index (χ4n) is 2.05. The molecule has 0 aliphatic heterocycles. The van der Waals surface area contributed by atoms with Gasteiger partial charge in [-0.2, -0.15) is 0 Å². The molecule has 0 aliphatic carbocycles. The quantitative estimate of drug-likeness (QED) is 0.253. The summed E-state index contributed by atoms with van der Waals surface area (Å²) >= 11 is 0. The first kappa shape index (κ1) is 22.5. The molecule has 0 aromatic heterocycles. The van der Waals surface area contributed by atoms with Gasteiger partial charge in [-0.15, -0.1) is 0 Å². The average molecular weight is 388 g/mol. The molecule has 9 heteroatoms. The first-order chi connectivity index (χ1) is 11.8. The van der Waals surface area contributed by atoms with Gasteiger partial charge in [0.05, 0.1) is 6.61 Å². The van der Waals surface area contributed by atoms with Crippen LogP contribution in [0.5, 0.6) is 11.5 Å². The van der Waals surface area contributed by atoms with E-state index in [0.29, 0.717) is 12.0 Å². The fourth-order valence-corrected chi connectivity index (χ4v) is 2.40. The molecule has 2 rings (SSSR count). The third kappa shape index (κ3) is 8.20. The summed E-state index contributed by atoms with van der Waals surface area (Å²) in [4.78, 5) is 10.8. The van der Waals surface area contributed by atoms with Crippen LogP contribution in [0.25, 0.3) is 0 Å². The maximum atomic E-state index is 10.9. The van der Waals surface area contributed by atoms with Gasteiger partial charge in [0.2, 0.25) is 0 Å². The van der Waals surface area contributed by atoms with Crippen LogP contribution in [0.15, 0.2) is 48.5 Å². The minimum atomic E-state index is -4.95. The number of hydrogen-bond donors (Lipinski definition) is 0. The van der Waals surface area contributed by atoms with Crippen LogP contribution in [0, 0.1) is 0 Å². The van der Waals surface area contributed by atoms with Gasteiger partial charge < -0.3 is 18.2 Å². The third-order valence-electron chi connectivity index (χ3n) is 3.13. The Morgan fingerprint density at radius 3 is 2.35 bits per heavy atom. The van der Waals surface area contributed by atoms with Crippen molar-refractivity contribution in [2.45, 2.75) is 20.0 Å². The number of benzene rings is 2. The summed E-state index contributed by atoms with van der Waals surface area (Å²) in [5, 5.41) is 0. The summed E-state index contributed by atoms with van der Waals surface area (Å²) in [6.07, 6.45) is 0.341. The molecule has 0 saturated carbocycles. The molecule has 2 aromatic rings. The number of carbonyl (C=O) groups is 1. The Hall–Kier alpha value is -1.58. The second-order valence-corrected chi connectivity index (χ2v) is 6.12. The van der Waals surface area contributed by atoms with E-state index in [1.165, 1.54) is 19.1 Å². The molecular formula is C17H17NaO7S. The van der Waals surface area contributed by atoms with Gasteiger partial charge in [-0.05, 0) is 23.3 Å². The summed E-state index contributed by atoms with van der Waals surface area (Å²) in [5.41, 5.74) is 1.50. The maximum absolute atomic E-state index is 10.9. The van der Waals surface area contributed by atoms with Gasteiger partial charge in [-0.25, -0.2) is 8.42 Å². The van der Waals surface area contributed by atoms with Crippen LogP contribution in [-0.2, 0) is 33.0 Å². The van der Waals surface area contributed by atoms with Crippen molar-refractivity contribution < 1.29 is 61.0 Å². The van der Waals surface area contributed by atoms with Crippen molar-refractivity contribution in [3.05, 3.63) is 59.7 Å². The van der Waals surface area contributed by atoms with Gasteiger partial charge in [0.15, 0.2) is 11.5 Å². The van der Waals surface area contributed by atoms with E-state index in [-0.39, 0.29) is 54.3 Å². The van der Waals surface area contributed by atoms with Crippen LogP contribution in [0.1, 0.15) is 18.1 Å². The predicted octanol–water partition coefficient (Wildman–Crippen LogP) is -0.786. The molecule has 26 heavy (non-hydrogen) atoms. The third-order valence-corrected chi connectivity index (χ3v) is 3.52. The van der Waals surface area contributed by atoms with E-state index in [0.717, 1.165) is 5.56 Å². The first-order valence-electron chi connectivity index (χ1n) is 7.42. The predicted molar refractivity (Wildman–Crippen MR) is 87.9 cm³/mol.